The van der Waals surface area contributed by atoms with Gasteiger partial charge in [0.2, 0.25) is 0 Å². The molecular formula is C14H16BrClN2O3. The molecule has 0 bridgehead atoms. The number of urea groups is 1. The van der Waals surface area contributed by atoms with E-state index in [1.165, 1.54) is 0 Å². The number of fused-ring (bicyclic) bond motifs is 1. The fraction of sp³-hybridized carbons (Fsp3) is 0.357. The van der Waals surface area contributed by atoms with Gasteiger partial charge in [-0.2, -0.15) is 0 Å². The summed E-state index contributed by atoms with van der Waals surface area (Å²) in [6, 6.07) is 3.48. The van der Waals surface area contributed by atoms with Crippen molar-refractivity contribution in [3.63, 3.8) is 0 Å². The Bertz CT molecular complexity index is 551. The molecule has 0 atom stereocenters. The molecule has 5 nitrogen and oxygen atoms in total. The highest BCUT2D eigenvalue weighted by Gasteiger charge is 2.16. The lowest BCUT2D eigenvalue weighted by atomic mass is 10.1. The molecule has 1 heterocycles. The Balaban J connectivity index is 1.85. The average molecular weight is 376 g/mol. The number of amides is 2. The van der Waals surface area contributed by atoms with Crippen LogP contribution in [0.25, 0.3) is 0 Å². The summed E-state index contributed by atoms with van der Waals surface area (Å²) in [5, 5.41) is 5.95. The van der Waals surface area contributed by atoms with Gasteiger partial charge in [0.15, 0.2) is 11.5 Å². The summed E-state index contributed by atoms with van der Waals surface area (Å²) in [7, 11) is 0. The third-order valence-electron chi connectivity index (χ3n) is 2.80. The summed E-state index contributed by atoms with van der Waals surface area (Å²) >= 11 is 9.33. The van der Waals surface area contributed by atoms with Gasteiger partial charge < -0.3 is 20.1 Å². The van der Waals surface area contributed by atoms with Gasteiger partial charge in [0.05, 0.1) is 11.6 Å². The molecule has 1 aliphatic heterocycles. The Morgan fingerprint density at radius 3 is 2.86 bits per heavy atom. The zero-order chi connectivity index (χ0) is 15.2. The van der Waals surface area contributed by atoms with Crippen molar-refractivity contribution in [2.75, 3.05) is 26.3 Å². The van der Waals surface area contributed by atoms with E-state index >= 15 is 0 Å². The number of nitrogens with one attached hydrogen (secondary N) is 2. The molecule has 21 heavy (non-hydrogen) atoms. The average Bonchev–Trinajstić information content (AvgIpc) is 2.45. The number of hydrogen-bond acceptors (Lipinski definition) is 3. The molecule has 7 heteroatoms. The maximum atomic E-state index is 11.5. The maximum Gasteiger partial charge on any atom is 0.315 e. The van der Waals surface area contributed by atoms with Crippen molar-refractivity contribution < 1.29 is 14.3 Å². The standard InChI is InChI=1S/C14H16BrClN2O3/c1-9(15)8-18-14(19)17-3-2-10-6-11(16)13-12(7-10)20-4-5-21-13/h6-7H,1-5,8H2,(H2,17,18,19). The molecule has 0 saturated carbocycles. The van der Waals surface area contributed by atoms with Gasteiger partial charge in [-0.05, 0) is 24.1 Å². The van der Waals surface area contributed by atoms with Crippen LogP contribution in [0.15, 0.2) is 23.2 Å². The molecule has 1 aliphatic rings. The minimum absolute atomic E-state index is 0.237. The summed E-state index contributed by atoms with van der Waals surface area (Å²) < 4.78 is 11.7. The van der Waals surface area contributed by atoms with Crippen LogP contribution in [-0.4, -0.2) is 32.3 Å². The van der Waals surface area contributed by atoms with Gasteiger partial charge in [-0.3, -0.25) is 0 Å². The number of halogens is 2. The van der Waals surface area contributed by atoms with Crippen LogP contribution in [0.5, 0.6) is 11.5 Å². The highest BCUT2D eigenvalue weighted by Crippen LogP contribution is 2.38. The molecule has 0 saturated heterocycles. The highest BCUT2D eigenvalue weighted by atomic mass is 79.9. The smallest absolute Gasteiger partial charge is 0.315 e. The van der Waals surface area contributed by atoms with Crippen LogP contribution in [-0.2, 0) is 6.42 Å². The van der Waals surface area contributed by atoms with Crippen molar-refractivity contribution in [2.24, 2.45) is 0 Å². The fourth-order valence-corrected chi connectivity index (χ4v) is 2.30. The molecule has 0 aromatic heterocycles. The Morgan fingerprint density at radius 2 is 2.10 bits per heavy atom. The van der Waals surface area contributed by atoms with Gasteiger partial charge in [-0.25, -0.2) is 4.79 Å². The fourth-order valence-electron chi connectivity index (χ4n) is 1.87. The molecule has 0 fully saturated rings. The highest BCUT2D eigenvalue weighted by molar-refractivity contribution is 9.11. The normalized spacial score (nSPS) is 12.7. The van der Waals surface area contributed by atoms with Gasteiger partial charge in [-0.15, -0.1) is 0 Å². The minimum atomic E-state index is -0.237. The summed E-state index contributed by atoms with van der Waals surface area (Å²) in [5.74, 6) is 1.25. The third kappa shape index (κ3) is 4.82. The van der Waals surface area contributed by atoms with E-state index in [-0.39, 0.29) is 6.03 Å². The van der Waals surface area contributed by atoms with E-state index in [0.29, 0.717) is 49.2 Å². The van der Waals surface area contributed by atoms with Crippen LogP contribution in [0.1, 0.15) is 5.56 Å². The maximum absolute atomic E-state index is 11.5. The van der Waals surface area contributed by atoms with Crippen LogP contribution in [0, 0.1) is 0 Å². The second-order valence-corrected chi connectivity index (χ2v) is 6.01. The SMILES string of the molecule is C=C(Br)CNC(=O)NCCc1cc(Cl)c2c(c1)OCCO2. The molecule has 1 aromatic carbocycles. The van der Waals surface area contributed by atoms with Crippen molar-refractivity contribution in [1.29, 1.82) is 0 Å². The lowest BCUT2D eigenvalue weighted by molar-refractivity contribution is 0.171. The van der Waals surface area contributed by atoms with Crippen molar-refractivity contribution in [3.8, 4) is 11.5 Å². The Hall–Kier alpha value is -1.40. The number of carbonyl (C=O) groups excluding carboxylic acids is 1. The second kappa shape index (κ2) is 7.56. The van der Waals surface area contributed by atoms with Crippen LogP contribution < -0.4 is 20.1 Å². The number of ether oxygens (including phenoxy) is 2. The quantitative estimate of drug-likeness (QED) is 0.832. The van der Waals surface area contributed by atoms with Crippen LogP contribution in [0.4, 0.5) is 4.79 Å². The first-order chi connectivity index (χ1) is 10.1. The summed E-state index contributed by atoms with van der Waals surface area (Å²) in [6.45, 7) is 5.55. The third-order valence-corrected chi connectivity index (χ3v) is 3.36. The molecule has 114 valence electrons. The Labute approximate surface area is 136 Å². The molecule has 0 radical (unpaired) electrons. The topological polar surface area (TPSA) is 59.6 Å². The van der Waals surface area contributed by atoms with Crippen molar-refractivity contribution in [2.45, 2.75) is 6.42 Å². The molecule has 1 aromatic rings. The van der Waals surface area contributed by atoms with Crippen molar-refractivity contribution in [1.82, 2.24) is 10.6 Å². The van der Waals surface area contributed by atoms with Gasteiger partial charge in [0, 0.05) is 11.0 Å². The predicted octanol–water partition coefficient (Wildman–Crippen LogP) is 2.86. The van der Waals surface area contributed by atoms with Gasteiger partial charge >= 0.3 is 6.03 Å². The second-order valence-electron chi connectivity index (χ2n) is 4.48. The van der Waals surface area contributed by atoms with Crippen molar-refractivity contribution in [3.05, 3.63) is 33.8 Å². The molecule has 2 amide bonds. The molecule has 0 spiro atoms. The van der Waals surface area contributed by atoms with E-state index in [1.807, 2.05) is 12.1 Å². The molecular weight excluding hydrogens is 360 g/mol. The first kappa shape index (κ1) is 16.0. The van der Waals surface area contributed by atoms with E-state index in [4.69, 9.17) is 21.1 Å². The molecule has 2 N–H and O–H groups in total. The van der Waals surface area contributed by atoms with Gasteiger partial charge in [-0.1, -0.05) is 34.1 Å². The Morgan fingerprint density at radius 1 is 1.33 bits per heavy atom. The van der Waals surface area contributed by atoms with E-state index < -0.39 is 0 Å². The Kier molecular flexibility index (Phi) is 5.76. The van der Waals surface area contributed by atoms with E-state index in [9.17, 15) is 4.79 Å². The molecule has 0 unspecified atom stereocenters. The minimum Gasteiger partial charge on any atom is -0.486 e. The van der Waals surface area contributed by atoms with E-state index in [1.54, 1.807) is 0 Å². The monoisotopic (exact) mass is 374 g/mol. The molecule has 2 rings (SSSR count). The zero-order valence-corrected chi connectivity index (χ0v) is 13.7. The number of benzene rings is 1. The number of rotatable bonds is 5. The van der Waals surface area contributed by atoms with Gasteiger partial charge in [0.1, 0.15) is 13.2 Å². The summed E-state index contributed by atoms with van der Waals surface area (Å²) in [6.07, 6.45) is 0.652. The predicted molar refractivity (Wildman–Crippen MR) is 85.6 cm³/mol. The number of carbonyl (C=O) groups is 1. The molecule has 0 aliphatic carbocycles. The summed E-state index contributed by atoms with van der Waals surface area (Å²) in [4.78, 5) is 11.5. The van der Waals surface area contributed by atoms with Crippen molar-refractivity contribution >= 4 is 33.6 Å². The van der Waals surface area contributed by atoms with Gasteiger partial charge in [0.25, 0.3) is 0 Å². The van der Waals surface area contributed by atoms with E-state index in [2.05, 4.69) is 33.1 Å². The van der Waals surface area contributed by atoms with E-state index in [0.717, 1.165) is 10.0 Å². The van der Waals surface area contributed by atoms with Crippen LogP contribution in [0.3, 0.4) is 0 Å². The first-order valence-electron chi connectivity index (χ1n) is 6.49. The summed E-state index contributed by atoms with van der Waals surface area (Å²) in [5.41, 5.74) is 0.981. The number of hydrogen-bond donors (Lipinski definition) is 2. The van der Waals surface area contributed by atoms with Crippen LogP contribution >= 0.6 is 27.5 Å². The first-order valence-corrected chi connectivity index (χ1v) is 7.66. The largest absolute Gasteiger partial charge is 0.486 e. The van der Waals surface area contributed by atoms with Crippen LogP contribution in [0.2, 0.25) is 5.02 Å². The lowest BCUT2D eigenvalue weighted by Crippen LogP contribution is -2.37. The lowest BCUT2D eigenvalue weighted by Gasteiger charge is -2.20. The zero-order valence-electron chi connectivity index (χ0n) is 11.4.